The summed E-state index contributed by atoms with van der Waals surface area (Å²) in [4.78, 5) is 6.43. The highest BCUT2D eigenvalue weighted by molar-refractivity contribution is 5.77. The van der Waals surface area contributed by atoms with Gasteiger partial charge in [0.25, 0.3) is 0 Å². The highest BCUT2D eigenvalue weighted by atomic mass is 15.2. The topological polar surface area (TPSA) is 53.6 Å². The van der Waals surface area contributed by atoms with Crippen molar-refractivity contribution in [2.24, 2.45) is 10.7 Å². The van der Waals surface area contributed by atoms with E-state index in [1.807, 2.05) is 0 Å². The molecule has 1 aliphatic rings. The van der Waals surface area contributed by atoms with Gasteiger partial charge in [0.05, 0.1) is 0 Å². The molecule has 1 fully saturated rings. The van der Waals surface area contributed by atoms with Gasteiger partial charge in [0.15, 0.2) is 5.96 Å². The number of hydrogen-bond acceptors (Lipinski definition) is 2. The van der Waals surface area contributed by atoms with Gasteiger partial charge < -0.3 is 11.1 Å². The van der Waals surface area contributed by atoms with E-state index in [0.717, 1.165) is 19.6 Å². The Hall–Kier alpha value is -1.55. The fourth-order valence-corrected chi connectivity index (χ4v) is 2.43. The van der Waals surface area contributed by atoms with Gasteiger partial charge in [-0.1, -0.05) is 30.3 Å². The van der Waals surface area contributed by atoms with E-state index in [2.05, 4.69) is 45.5 Å². The van der Waals surface area contributed by atoms with Crippen LogP contribution in [0.1, 0.15) is 18.4 Å². The molecule has 0 saturated carbocycles. The van der Waals surface area contributed by atoms with Gasteiger partial charge >= 0.3 is 0 Å². The van der Waals surface area contributed by atoms with Gasteiger partial charge in [-0.2, -0.15) is 0 Å². The Morgan fingerprint density at radius 1 is 1.44 bits per heavy atom. The third-order valence-electron chi connectivity index (χ3n) is 3.35. The lowest BCUT2D eigenvalue weighted by Crippen LogP contribution is -2.49. The lowest BCUT2D eigenvalue weighted by Gasteiger charge is -2.33. The van der Waals surface area contributed by atoms with Crippen molar-refractivity contribution in [1.82, 2.24) is 10.2 Å². The summed E-state index contributed by atoms with van der Waals surface area (Å²) >= 11 is 0. The second-order valence-electron chi connectivity index (χ2n) is 4.81. The highest BCUT2D eigenvalue weighted by Gasteiger charge is 2.19. The van der Waals surface area contributed by atoms with Crippen LogP contribution in [0, 0.1) is 0 Å². The van der Waals surface area contributed by atoms with Crippen molar-refractivity contribution in [2.75, 3.05) is 20.1 Å². The molecule has 98 valence electrons. The Morgan fingerprint density at radius 2 is 2.22 bits per heavy atom. The monoisotopic (exact) mass is 246 g/mol. The van der Waals surface area contributed by atoms with Crippen LogP contribution in [0.4, 0.5) is 0 Å². The van der Waals surface area contributed by atoms with Gasteiger partial charge in [0.2, 0.25) is 0 Å². The summed E-state index contributed by atoms with van der Waals surface area (Å²) < 4.78 is 0. The smallest absolute Gasteiger partial charge is 0.188 e. The molecule has 1 aromatic carbocycles. The van der Waals surface area contributed by atoms with Gasteiger partial charge in [0, 0.05) is 26.2 Å². The van der Waals surface area contributed by atoms with E-state index in [1.165, 1.54) is 18.4 Å². The van der Waals surface area contributed by atoms with Gasteiger partial charge in [-0.3, -0.25) is 9.89 Å². The summed E-state index contributed by atoms with van der Waals surface area (Å²) in [6.45, 7) is 3.21. The number of guanidine groups is 1. The number of piperidine rings is 1. The SMILES string of the molecule is CN=C(N)NC1CCCN(Cc2ccccc2)C1. The molecule has 1 aromatic rings. The second kappa shape index (κ2) is 6.40. The van der Waals surface area contributed by atoms with Crippen molar-refractivity contribution in [3.05, 3.63) is 35.9 Å². The van der Waals surface area contributed by atoms with E-state index < -0.39 is 0 Å². The Labute approximate surface area is 109 Å². The zero-order chi connectivity index (χ0) is 12.8. The first-order valence-corrected chi connectivity index (χ1v) is 6.53. The molecule has 1 heterocycles. The second-order valence-corrected chi connectivity index (χ2v) is 4.81. The first kappa shape index (κ1) is 12.9. The largest absolute Gasteiger partial charge is 0.370 e. The third-order valence-corrected chi connectivity index (χ3v) is 3.35. The number of aliphatic imine (C=N–C) groups is 1. The molecule has 1 aliphatic heterocycles. The maximum atomic E-state index is 5.72. The van der Waals surface area contributed by atoms with Gasteiger partial charge in [-0.15, -0.1) is 0 Å². The molecule has 18 heavy (non-hydrogen) atoms. The van der Waals surface area contributed by atoms with E-state index in [9.17, 15) is 0 Å². The van der Waals surface area contributed by atoms with Crippen molar-refractivity contribution in [3.8, 4) is 0 Å². The summed E-state index contributed by atoms with van der Waals surface area (Å²) in [5, 5.41) is 3.27. The van der Waals surface area contributed by atoms with Crippen LogP contribution >= 0.6 is 0 Å². The molecule has 1 saturated heterocycles. The number of likely N-dealkylation sites (tertiary alicyclic amines) is 1. The highest BCUT2D eigenvalue weighted by Crippen LogP contribution is 2.13. The molecule has 0 spiro atoms. The van der Waals surface area contributed by atoms with Gasteiger partial charge in [-0.05, 0) is 24.9 Å². The normalized spacial score (nSPS) is 21.8. The number of hydrogen-bond donors (Lipinski definition) is 2. The summed E-state index contributed by atoms with van der Waals surface area (Å²) in [6.07, 6.45) is 2.38. The molecule has 0 aromatic heterocycles. The van der Waals surface area contributed by atoms with Crippen LogP contribution in [0.15, 0.2) is 35.3 Å². The fraction of sp³-hybridized carbons (Fsp3) is 0.500. The molecule has 0 bridgehead atoms. The van der Waals surface area contributed by atoms with E-state index in [4.69, 9.17) is 5.73 Å². The number of rotatable bonds is 3. The minimum absolute atomic E-state index is 0.422. The fourth-order valence-electron chi connectivity index (χ4n) is 2.43. The molecule has 4 nitrogen and oxygen atoms in total. The van der Waals surface area contributed by atoms with E-state index >= 15 is 0 Å². The number of benzene rings is 1. The molecule has 1 unspecified atom stereocenters. The molecule has 4 heteroatoms. The van der Waals surface area contributed by atoms with Crippen LogP contribution in [0.25, 0.3) is 0 Å². The molecule has 1 atom stereocenters. The van der Waals surface area contributed by atoms with Crippen molar-refractivity contribution in [2.45, 2.75) is 25.4 Å². The van der Waals surface area contributed by atoms with Gasteiger partial charge in [-0.25, -0.2) is 0 Å². The standard InChI is InChI=1S/C14H22N4/c1-16-14(15)17-13-8-5-9-18(11-13)10-12-6-3-2-4-7-12/h2-4,6-7,13H,5,8-11H2,1H3,(H3,15,16,17). The predicted molar refractivity (Wildman–Crippen MR) is 75.4 cm³/mol. The Balaban J connectivity index is 1.87. The van der Waals surface area contributed by atoms with Crippen molar-refractivity contribution in [1.29, 1.82) is 0 Å². The van der Waals surface area contributed by atoms with Gasteiger partial charge in [0.1, 0.15) is 0 Å². The molecule has 0 radical (unpaired) electrons. The minimum atomic E-state index is 0.422. The average molecular weight is 246 g/mol. The van der Waals surface area contributed by atoms with E-state index in [-0.39, 0.29) is 0 Å². The Morgan fingerprint density at radius 3 is 2.94 bits per heavy atom. The number of nitrogens with two attached hydrogens (primary N) is 1. The average Bonchev–Trinajstić information content (AvgIpc) is 2.40. The van der Waals surface area contributed by atoms with Crippen molar-refractivity contribution in [3.63, 3.8) is 0 Å². The lowest BCUT2D eigenvalue weighted by atomic mass is 10.0. The van der Waals surface area contributed by atoms with Crippen LogP contribution < -0.4 is 11.1 Å². The quantitative estimate of drug-likeness (QED) is 0.622. The summed E-state index contributed by atoms with van der Waals surface area (Å²) in [5.41, 5.74) is 7.09. The number of nitrogens with one attached hydrogen (secondary N) is 1. The molecule has 3 N–H and O–H groups in total. The van der Waals surface area contributed by atoms with Crippen molar-refractivity contribution >= 4 is 5.96 Å². The zero-order valence-electron chi connectivity index (χ0n) is 11.0. The van der Waals surface area contributed by atoms with Crippen LogP contribution in [0.5, 0.6) is 0 Å². The van der Waals surface area contributed by atoms with E-state index in [0.29, 0.717) is 12.0 Å². The maximum absolute atomic E-state index is 5.72. The molecule has 2 rings (SSSR count). The first-order valence-electron chi connectivity index (χ1n) is 6.53. The predicted octanol–water partition coefficient (Wildman–Crippen LogP) is 1.19. The van der Waals surface area contributed by atoms with Crippen LogP contribution in [0.3, 0.4) is 0 Å². The van der Waals surface area contributed by atoms with Crippen LogP contribution in [0.2, 0.25) is 0 Å². The third kappa shape index (κ3) is 3.74. The molecular formula is C14H22N4. The Kier molecular flexibility index (Phi) is 4.59. The van der Waals surface area contributed by atoms with Crippen molar-refractivity contribution < 1.29 is 0 Å². The summed E-state index contributed by atoms with van der Waals surface area (Å²) in [7, 11) is 1.72. The molecular weight excluding hydrogens is 224 g/mol. The molecule has 0 aliphatic carbocycles. The summed E-state index contributed by atoms with van der Waals surface area (Å²) in [6, 6.07) is 11.0. The van der Waals surface area contributed by atoms with Crippen LogP contribution in [-0.2, 0) is 6.54 Å². The van der Waals surface area contributed by atoms with E-state index in [1.54, 1.807) is 7.05 Å². The summed E-state index contributed by atoms with van der Waals surface area (Å²) in [5.74, 6) is 0.543. The maximum Gasteiger partial charge on any atom is 0.188 e. The lowest BCUT2D eigenvalue weighted by molar-refractivity contribution is 0.193. The number of nitrogens with zero attached hydrogens (tertiary/aromatic N) is 2. The first-order chi connectivity index (χ1) is 8.78. The molecule has 0 amide bonds. The Bertz CT molecular complexity index is 388. The minimum Gasteiger partial charge on any atom is -0.370 e. The van der Waals surface area contributed by atoms with Crippen LogP contribution in [-0.4, -0.2) is 37.0 Å². The zero-order valence-corrected chi connectivity index (χ0v) is 11.0.